The molecule has 15 heteroatoms. The van der Waals surface area contributed by atoms with Crippen molar-refractivity contribution in [2.45, 2.75) is 36.0 Å². The van der Waals surface area contributed by atoms with Crippen LogP contribution in [-0.2, 0) is 26.2 Å². The van der Waals surface area contributed by atoms with Gasteiger partial charge in [0.25, 0.3) is 0 Å². The minimum atomic E-state index is -0.495. The highest BCUT2D eigenvalue weighted by molar-refractivity contribution is 7.99. The molecule has 0 radical (unpaired) electrons. The van der Waals surface area contributed by atoms with Gasteiger partial charge in [0.1, 0.15) is 23.0 Å². The number of anilines is 2. The van der Waals surface area contributed by atoms with Gasteiger partial charge in [-0.1, -0.05) is 11.8 Å². The smallest absolute Gasteiger partial charge is 0.161 e. The van der Waals surface area contributed by atoms with Crippen LogP contribution in [0.15, 0.2) is 107 Å². The molecule has 0 aliphatic carbocycles. The van der Waals surface area contributed by atoms with E-state index in [0.717, 1.165) is 34.1 Å². The van der Waals surface area contributed by atoms with Gasteiger partial charge in [-0.05, 0) is 72.8 Å². The molecule has 0 fully saturated rings. The zero-order chi connectivity index (χ0) is 39.6. The number of hydrogen-bond acceptors (Lipinski definition) is 15. The van der Waals surface area contributed by atoms with Crippen molar-refractivity contribution < 1.29 is 61.3 Å². The zero-order valence-corrected chi connectivity index (χ0v) is 29.6. The molecule has 14 nitrogen and oxygen atoms in total. The van der Waals surface area contributed by atoms with Crippen molar-refractivity contribution in [1.29, 1.82) is 0 Å². The number of benzene rings is 6. The Hall–Kier alpha value is -7.13. The molecule has 6 aromatic carbocycles. The maximum atomic E-state index is 10.5. The summed E-state index contributed by atoms with van der Waals surface area (Å²) >= 11 is 1.43. The summed E-state index contributed by atoms with van der Waals surface area (Å²) < 4.78 is 0. The number of phenolic OH excluding ortho intramolecular Hbond substituents is 12. The second kappa shape index (κ2) is 15.5. The highest BCUT2D eigenvalue weighted by Crippen LogP contribution is 2.40. The van der Waals surface area contributed by atoms with Crippen molar-refractivity contribution in [3.63, 3.8) is 0 Å². The van der Waals surface area contributed by atoms with Crippen molar-refractivity contribution in [2.75, 3.05) is 9.80 Å². The van der Waals surface area contributed by atoms with E-state index in [4.69, 9.17) is 0 Å². The van der Waals surface area contributed by atoms with Gasteiger partial charge in [-0.25, -0.2) is 0 Å². The first-order chi connectivity index (χ1) is 26.1. The molecule has 0 bridgehead atoms. The van der Waals surface area contributed by atoms with E-state index in [2.05, 4.69) is 0 Å². The van der Waals surface area contributed by atoms with Crippen LogP contribution < -0.4 is 9.80 Å². The fourth-order valence-corrected chi connectivity index (χ4v) is 6.64. The van der Waals surface area contributed by atoms with E-state index in [1.165, 1.54) is 36.0 Å². The summed E-state index contributed by atoms with van der Waals surface area (Å²) in [5.74, 6) is -4.82. The highest BCUT2D eigenvalue weighted by atomic mass is 32.2. The van der Waals surface area contributed by atoms with E-state index < -0.39 is 46.0 Å². The summed E-state index contributed by atoms with van der Waals surface area (Å²) in [5.41, 5.74) is 2.31. The molecule has 0 saturated carbocycles. The molecule has 0 aliphatic rings. The summed E-state index contributed by atoms with van der Waals surface area (Å²) in [6.07, 6.45) is 0. The van der Waals surface area contributed by atoms with Gasteiger partial charge in [-0.2, -0.15) is 0 Å². The number of hydrogen-bond donors (Lipinski definition) is 12. The summed E-state index contributed by atoms with van der Waals surface area (Å²) in [5, 5.41) is 122. The minimum absolute atomic E-state index is 0.00821. The first-order valence-corrected chi connectivity index (χ1v) is 17.3. The molecule has 6 rings (SSSR count). The highest BCUT2D eigenvalue weighted by Gasteiger charge is 2.19. The van der Waals surface area contributed by atoms with Crippen LogP contribution in [0.1, 0.15) is 22.3 Å². The molecule has 0 aliphatic heterocycles. The van der Waals surface area contributed by atoms with Crippen molar-refractivity contribution in [2.24, 2.45) is 0 Å². The van der Waals surface area contributed by atoms with E-state index in [1.54, 1.807) is 34.1 Å². The lowest BCUT2D eigenvalue weighted by molar-refractivity contribution is 0.393. The monoisotopic (exact) mass is 768 g/mol. The third kappa shape index (κ3) is 8.58. The fourth-order valence-electron chi connectivity index (χ4n) is 5.83. The molecule has 284 valence electrons. The quantitative estimate of drug-likeness (QED) is 0.0456. The van der Waals surface area contributed by atoms with Crippen molar-refractivity contribution in [1.82, 2.24) is 0 Å². The van der Waals surface area contributed by atoms with Gasteiger partial charge >= 0.3 is 0 Å². The summed E-state index contributed by atoms with van der Waals surface area (Å²) in [4.78, 5) is 5.15. The lowest BCUT2D eigenvalue weighted by Gasteiger charge is -2.27. The second-order valence-corrected chi connectivity index (χ2v) is 13.8. The van der Waals surface area contributed by atoms with Gasteiger partial charge in [0.15, 0.2) is 46.0 Å². The lowest BCUT2D eigenvalue weighted by atomic mass is 10.1. The summed E-state index contributed by atoms with van der Waals surface area (Å²) in [7, 11) is 0. The summed E-state index contributed by atoms with van der Waals surface area (Å²) in [6.45, 7) is 0.0328. The van der Waals surface area contributed by atoms with Gasteiger partial charge in [-0.15, -0.1) is 0 Å². The Balaban J connectivity index is 1.24. The van der Waals surface area contributed by atoms with E-state index >= 15 is 0 Å². The van der Waals surface area contributed by atoms with Crippen molar-refractivity contribution in [3.8, 4) is 69.0 Å². The van der Waals surface area contributed by atoms with Gasteiger partial charge in [0, 0.05) is 93.9 Å². The normalized spacial score (nSPS) is 11.1. The van der Waals surface area contributed by atoms with Crippen LogP contribution in [0.2, 0.25) is 0 Å². The maximum Gasteiger partial charge on any atom is 0.161 e. The van der Waals surface area contributed by atoms with E-state index in [9.17, 15) is 61.3 Å². The Bertz CT molecular complexity index is 2070. The summed E-state index contributed by atoms with van der Waals surface area (Å²) in [6, 6.07) is 23.5. The molecule has 0 spiro atoms. The van der Waals surface area contributed by atoms with Gasteiger partial charge in [0.2, 0.25) is 0 Å². The van der Waals surface area contributed by atoms with E-state index in [0.29, 0.717) is 11.4 Å². The molecular weight excluding hydrogens is 733 g/mol. The third-order valence-corrected chi connectivity index (χ3v) is 9.80. The van der Waals surface area contributed by atoms with Crippen molar-refractivity contribution in [3.05, 3.63) is 119 Å². The number of phenols is 12. The minimum Gasteiger partial charge on any atom is -0.507 e. The maximum absolute atomic E-state index is 10.5. The van der Waals surface area contributed by atoms with Crippen LogP contribution in [0.3, 0.4) is 0 Å². The fraction of sp³-hybridized carbons (Fsp3) is 0.100. The van der Waals surface area contributed by atoms with E-state index in [-0.39, 0.29) is 71.4 Å². The number of nitrogens with zero attached hydrogens (tertiary/aromatic N) is 2. The first-order valence-electron chi connectivity index (χ1n) is 16.5. The average molecular weight is 769 g/mol. The topological polar surface area (TPSA) is 249 Å². The molecule has 6 aromatic rings. The van der Waals surface area contributed by atoms with Crippen LogP contribution in [0.5, 0.6) is 69.0 Å². The standard InChI is InChI=1S/C40H36N2O12S/c43-29-13-37(51)33(47)9-21(29)17-41(18-22-10-34(48)38(52)14-30(22)44)25-1-5-27(6-2-25)55-28-7-3-26(4-8-28)42(19-23-11-35(49)39(53)15-31(23)45)20-24-12-36(50)40(54)16-32(24)46/h1-16,43-54H,17-20H2. The molecule has 12 N–H and O–H groups in total. The molecular formula is C40H36N2O12S. The zero-order valence-electron chi connectivity index (χ0n) is 28.7. The van der Waals surface area contributed by atoms with E-state index in [1.807, 2.05) is 24.3 Å². The first kappa shape index (κ1) is 37.6. The Morgan fingerprint density at radius 1 is 0.291 bits per heavy atom. The third-order valence-electron chi connectivity index (χ3n) is 8.79. The van der Waals surface area contributed by atoms with Gasteiger partial charge in [0.05, 0.1) is 0 Å². The van der Waals surface area contributed by atoms with Crippen LogP contribution >= 0.6 is 11.8 Å². The van der Waals surface area contributed by atoms with Gasteiger partial charge in [-0.3, -0.25) is 0 Å². The number of aromatic hydroxyl groups is 12. The average Bonchev–Trinajstić information content (AvgIpc) is 3.14. The Kier molecular flexibility index (Phi) is 10.6. The Morgan fingerprint density at radius 3 is 0.745 bits per heavy atom. The van der Waals surface area contributed by atoms with Crippen LogP contribution in [0.4, 0.5) is 11.4 Å². The molecule has 0 saturated heterocycles. The second-order valence-electron chi connectivity index (χ2n) is 12.7. The molecule has 0 unspecified atom stereocenters. The van der Waals surface area contributed by atoms with Crippen LogP contribution in [0.25, 0.3) is 0 Å². The van der Waals surface area contributed by atoms with Crippen molar-refractivity contribution >= 4 is 23.1 Å². The Labute approximate surface area is 317 Å². The lowest BCUT2D eigenvalue weighted by Crippen LogP contribution is -2.22. The predicted octanol–water partition coefficient (Wildman–Crippen LogP) is 6.72. The van der Waals surface area contributed by atoms with Gasteiger partial charge < -0.3 is 71.1 Å². The van der Waals surface area contributed by atoms with Crippen LogP contribution in [0, 0.1) is 0 Å². The predicted molar refractivity (Wildman–Crippen MR) is 203 cm³/mol. The SMILES string of the molecule is Oc1cc(O)c(CN(Cc2cc(O)c(O)cc2O)c2ccc(Sc3ccc(N(Cc4cc(O)c(O)cc4O)Cc4cc(O)c(O)cc4O)cc3)cc2)cc1O. The largest absolute Gasteiger partial charge is 0.507 e. The molecule has 0 heterocycles. The molecule has 55 heavy (non-hydrogen) atoms. The van der Waals surface area contributed by atoms with Crippen LogP contribution in [-0.4, -0.2) is 61.3 Å². The Morgan fingerprint density at radius 2 is 0.509 bits per heavy atom. The molecule has 0 aromatic heterocycles. The molecule has 0 atom stereocenters. The molecule has 0 amide bonds. The number of rotatable bonds is 12.